The number of benzene rings is 1. The van der Waals surface area contributed by atoms with Crippen LogP contribution in [0, 0.1) is 0 Å². The van der Waals surface area contributed by atoms with Gasteiger partial charge in [-0.05, 0) is 39.8 Å². The fourth-order valence-electron chi connectivity index (χ4n) is 2.81. The zero-order valence-corrected chi connectivity index (χ0v) is 12.3. The highest BCUT2D eigenvalue weighted by Crippen LogP contribution is 2.44. The summed E-state index contributed by atoms with van der Waals surface area (Å²) in [5.41, 5.74) is 6.55. The number of thiophene rings is 1. The first-order valence-electron chi connectivity index (χ1n) is 7.04. The van der Waals surface area contributed by atoms with Crippen LogP contribution in [0.5, 0.6) is 0 Å². The normalized spacial score (nSPS) is 10.9. The van der Waals surface area contributed by atoms with Crippen LogP contribution in [0.4, 0.5) is 0 Å². The van der Waals surface area contributed by atoms with Crippen LogP contribution in [0.25, 0.3) is 32.7 Å². The van der Waals surface area contributed by atoms with E-state index < -0.39 is 0 Å². The Morgan fingerprint density at radius 3 is 1.86 bits per heavy atom. The molecule has 2 aromatic rings. The summed E-state index contributed by atoms with van der Waals surface area (Å²) >= 11 is 1.80. The van der Waals surface area contributed by atoms with Gasteiger partial charge in [0.1, 0.15) is 0 Å². The molecule has 0 aliphatic heterocycles. The van der Waals surface area contributed by atoms with Crippen molar-refractivity contribution in [1.29, 1.82) is 0 Å². The summed E-state index contributed by atoms with van der Waals surface area (Å²) in [6, 6.07) is 28.0. The summed E-state index contributed by atoms with van der Waals surface area (Å²) in [5, 5.41) is 2.14. The zero-order chi connectivity index (χ0) is 14.1. The molecule has 0 nitrogen and oxygen atoms in total. The van der Waals surface area contributed by atoms with E-state index in [0.29, 0.717) is 0 Å². The first-order chi connectivity index (χ1) is 10.4. The van der Waals surface area contributed by atoms with Crippen molar-refractivity contribution in [3.8, 4) is 32.7 Å². The van der Waals surface area contributed by atoms with E-state index in [0.717, 1.165) is 0 Å². The standard InChI is InChI=1S/C20H14S/c1-3-8-15(9-4-1)18-14-19(20-12-7-13-21-20)17-11-6-2-5-10-16(17)18/h1-14H. The van der Waals surface area contributed by atoms with E-state index in [-0.39, 0.29) is 0 Å². The third-order valence-electron chi connectivity index (χ3n) is 3.78. The molecule has 0 atom stereocenters. The zero-order valence-electron chi connectivity index (χ0n) is 11.5. The van der Waals surface area contributed by atoms with Crippen molar-refractivity contribution in [1.82, 2.24) is 0 Å². The minimum absolute atomic E-state index is 1.27. The van der Waals surface area contributed by atoms with Gasteiger partial charge in [-0.15, -0.1) is 11.3 Å². The molecule has 2 aliphatic rings. The van der Waals surface area contributed by atoms with Crippen LogP contribution >= 0.6 is 11.3 Å². The van der Waals surface area contributed by atoms with Gasteiger partial charge in [0.15, 0.2) is 0 Å². The predicted molar refractivity (Wildman–Crippen MR) is 91.8 cm³/mol. The molecule has 21 heavy (non-hydrogen) atoms. The van der Waals surface area contributed by atoms with Crippen LogP contribution in [0.2, 0.25) is 0 Å². The number of hydrogen-bond acceptors (Lipinski definition) is 1. The third kappa shape index (κ3) is 2.16. The molecule has 0 saturated heterocycles. The van der Waals surface area contributed by atoms with Gasteiger partial charge in [-0.1, -0.05) is 66.7 Å². The molecule has 0 spiro atoms. The predicted octanol–water partition coefficient (Wildman–Crippen LogP) is 6.19. The molecular weight excluding hydrogens is 272 g/mol. The molecule has 2 aliphatic carbocycles. The Hall–Kier alpha value is -2.38. The number of fused-ring (bicyclic) bond motifs is 1. The first-order valence-corrected chi connectivity index (χ1v) is 7.92. The first kappa shape index (κ1) is 12.4. The van der Waals surface area contributed by atoms with Crippen LogP contribution in [-0.2, 0) is 0 Å². The van der Waals surface area contributed by atoms with E-state index in [1.807, 2.05) is 0 Å². The molecule has 0 N–H and O–H groups in total. The molecule has 1 heteroatoms. The molecule has 1 aromatic carbocycles. The SMILES string of the molecule is c1ccc(-c2cc(-c3cccs3)c3cccccc2-3)cc1. The van der Waals surface area contributed by atoms with E-state index >= 15 is 0 Å². The molecular formula is C20H14S. The van der Waals surface area contributed by atoms with Gasteiger partial charge >= 0.3 is 0 Å². The average Bonchev–Trinajstić information content (AvgIpc) is 3.10. The van der Waals surface area contributed by atoms with Crippen molar-refractivity contribution < 1.29 is 0 Å². The maximum atomic E-state index is 2.33. The highest BCUT2D eigenvalue weighted by Gasteiger charge is 2.17. The second kappa shape index (κ2) is 5.19. The average molecular weight is 286 g/mol. The summed E-state index contributed by atoms with van der Waals surface area (Å²) in [6.45, 7) is 0. The molecule has 4 rings (SSSR count). The van der Waals surface area contributed by atoms with Crippen LogP contribution in [0.3, 0.4) is 0 Å². The van der Waals surface area contributed by atoms with Gasteiger partial charge in [0.25, 0.3) is 0 Å². The molecule has 0 fully saturated rings. The largest absolute Gasteiger partial charge is 0.144 e. The maximum Gasteiger partial charge on any atom is 0.0349 e. The van der Waals surface area contributed by atoms with Crippen LogP contribution in [0.1, 0.15) is 0 Å². The van der Waals surface area contributed by atoms with Gasteiger partial charge in [0, 0.05) is 10.4 Å². The van der Waals surface area contributed by atoms with E-state index in [9.17, 15) is 0 Å². The van der Waals surface area contributed by atoms with E-state index in [1.165, 1.54) is 32.7 Å². The van der Waals surface area contributed by atoms with Gasteiger partial charge in [-0.2, -0.15) is 0 Å². The minimum atomic E-state index is 1.27. The van der Waals surface area contributed by atoms with Crippen molar-refractivity contribution in [2.75, 3.05) is 0 Å². The van der Waals surface area contributed by atoms with Crippen molar-refractivity contribution in [3.05, 3.63) is 84.2 Å². The van der Waals surface area contributed by atoms with Crippen molar-refractivity contribution >= 4 is 11.3 Å². The fraction of sp³-hybridized carbons (Fsp3) is 0. The Labute approximate surface area is 128 Å². The van der Waals surface area contributed by atoms with Crippen LogP contribution in [0.15, 0.2) is 84.2 Å². The lowest BCUT2D eigenvalue weighted by Gasteiger charge is -2.01. The Balaban J connectivity index is 2.01. The summed E-state index contributed by atoms with van der Waals surface area (Å²) in [5.74, 6) is 0. The third-order valence-corrected chi connectivity index (χ3v) is 4.68. The van der Waals surface area contributed by atoms with Gasteiger partial charge in [-0.3, -0.25) is 0 Å². The van der Waals surface area contributed by atoms with Crippen LogP contribution in [-0.4, -0.2) is 0 Å². The topological polar surface area (TPSA) is 0 Å². The molecule has 1 heterocycles. The summed E-state index contributed by atoms with van der Waals surface area (Å²) in [4.78, 5) is 1.33. The lowest BCUT2D eigenvalue weighted by Crippen LogP contribution is -1.75. The summed E-state index contributed by atoms with van der Waals surface area (Å²) in [7, 11) is 0. The smallest absolute Gasteiger partial charge is 0.0349 e. The molecule has 100 valence electrons. The minimum Gasteiger partial charge on any atom is -0.144 e. The Kier molecular flexibility index (Phi) is 3.06. The van der Waals surface area contributed by atoms with Gasteiger partial charge in [0.05, 0.1) is 0 Å². The van der Waals surface area contributed by atoms with E-state index in [1.54, 1.807) is 11.3 Å². The highest BCUT2D eigenvalue weighted by atomic mass is 32.1. The number of hydrogen-bond donors (Lipinski definition) is 0. The molecule has 1 aromatic heterocycles. The van der Waals surface area contributed by atoms with E-state index in [4.69, 9.17) is 0 Å². The quantitative estimate of drug-likeness (QED) is 0.412. The Morgan fingerprint density at radius 1 is 0.524 bits per heavy atom. The van der Waals surface area contributed by atoms with E-state index in [2.05, 4.69) is 84.2 Å². The molecule has 0 radical (unpaired) electrons. The molecule has 0 unspecified atom stereocenters. The molecule has 0 bridgehead atoms. The van der Waals surface area contributed by atoms with Crippen LogP contribution < -0.4 is 0 Å². The summed E-state index contributed by atoms with van der Waals surface area (Å²) in [6.07, 6.45) is 0. The van der Waals surface area contributed by atoms with Crippen molar-refractivity contribution in [2.45, 2.75) is 0 Å². The Morgan fingerprint density at radius 2 is 1.19 bits per heavy atom. The Bertz CT molecular complexity index is 829. The molecule has 0 saturated carbocycles. The van der Waals surface area contributed by atoms with Crippen molar-refractivity contribution in [2.24, 2.45) is 0 Å². The number of rotatable bonds is 2. The summed E-state index contributed by atoms with van der Waals surface area (Å²) < 4.78 is 0. The molecule has 0 amide bonds. The van der Waals surface area contributed by atoms with Gasteiger partial charge in [-0.25, -0.2) is 0 Å². The van der Waals surface area contributed by atoms with Gasteiger partial charge < -0.3 is 0 Å². The second-order valence-electron chi connectivity index (χ2n) is 5.05. The highest BCUT2D eigenvalue weighted by molar-refractivity contribution is 7.13. The van der Waals surface area contributed by atoms with Gasteiger partial charge in [0.2, 0.25) is 0 Å². The lowest BCUT2D eigenvalue weighted by atomic mass is 10.0. The maximum absolute atomic E-state index is 2.33. The fourth-order valence-corrected chi connectivity index (χ4v) is 3.57. The second-order valence-corrected chi connectivity index (χ2v) is 6.00. The monoisotopic (exact) mass is 286 g/mol. The van der Waals surface area contributed by atoms with Crippen molar-refractivity contribution in [3.63, 3.8) is 0 Å². The lowest BCUT2D eigenvalue weighted by molar-refractivity contribution is 1.67.